The maximum Gasteiger partial charge on any atom is 0.240 e. The van der Waals surface area contributed by atoms with Crippen LogP contribution >= 0.6 is 11.8 Å². The molecule has 3 heterocycles. The van der Waals surface area contributed by atoms with Gasteiger partial charge in [0.1, 0.15) is 29.7 Å². The Balaban J connectivity index is 1.62. The van der Waals surface area contributed by atoms with E-state index >= 15 is 4.39 Å². The Kier molecular flexibility index (Phi) is 8.89. The van der Waals surface area contributed by atoms with Crippen molar-refractivity contribution in [2.24, 2.45) is 0 Å². The standard InChI is InChI=1S/C31H37F2N5O3S/c1-31(2,3)29-27-28(23-12-7-20(32)17-24(23)33)42-19-26(40)37(18-25(39)34-13-16-36-14-5-6-15-36)30(27)38(35-29)21-8-10-22(41-4)11-9-21/h7-12,17,28H,5-6,13-16,18-19H2,1-4H3,(H,34,39). The summed E-state index contributed by atoms with van der Waals surface area (Å²) >= 11 is 1.25. The van der Waals surface area contributed by atoms with E-state index in [0.29, 0.717) is 35.1 Å². The lowest BCUT2D eigenvalue weighted by Crippen LogP contribution is -2.44. The zero-order chi connectivity index (χ0) is 30.0. The topological polar surface area (TPSA) is 79.7 Å². The molecule has 0 saturated carbocycles. The van der Waals surface area contributed by atoms with Crippen molar-refractivity contribution < 1.29 is 23.1 Å². The number of benzene rings is 2. The van der Waals surface area contributed by atoms with E-state index in [0.717, 1.165) is 38.5 Å². The van der Waals surface area contributed by atoms with Gasteiger partial charge in [0.2, 0.25) is 11.8 Å². The molecule has 11 heteroatoms. The Hall–Kier alpha value is -3.44. The van der Waals surface area contributed by atoms with Crippen LogP contribution in [0, 0.1) is 11.6 Å². The number of hydrogen-bond acceptors (Lipinski definition) is 6. The minimum absolute atomic E-state index is 0.00339. The van der Waals surface area contributed by atoms with Gasteiger partial charge in [-0.05, 0) is 56.3 Å². The number of hydrogen-bond donors (Lipinski definition) is 1. The van der Waals surface area contributed by atoms with E-state index in [4.69, 9.17) is 9.84 Å². The van der Waals surface area contributed by atoms with Crippen molar-refractivity contribution in [2.45, 2.75) is 44.3 Å². The van der Waals surface area contributed by atoms with E-state index in [2.05, 4.69) is 10.2 Å². The van der Waals surface area contributed by atoms with Gasteiger partial charge in [-0.2, -0.15) is 5.10 Å². The van der Waals surface area contributed by atoms with Gasteiger partial charge in [0.25, 0.3) is 0 Å². The van der Waals surface area contributed by atoms with Crippen molar-refractivity contribution in [3.63, 3.8) is 0 Å². The monoisotopic (exact) mass is 597 g/mol. The summed E-state index contributed by atoms with van der Waals surface area (Å²) < 4.78 is 36.2. The number of nitrogens with zero attached hydrogens (tertiary/aromatic N) is 4. The van der Waals surface area contributed by atoms with Crippen molar-refractivity contribution in [1.82, 2.24) is 20.0 Å². The van der Waals surface area contributed by atoms with Crippen LogP contribution in [-0.2, 0) is 15.0 Å². The summed E-state index contributed by atoms with van der Waals surface area (Å²) in [4.78, 5) is 30.8. The molecular weight excluding hydrogens is 560 g/mol. The highest BCUT2D eigenvalue weighted by Crippen LogP contribution is 2.49. The molecule has 2 aliphatic heterocycles. The Morgan fingerprint density at radius 1 is 1.12 bits per heavy atom. The van der Waals surface area contributed by atoms with Crippen LogP contribution < -0.4 is 15.0 Å². The molecule has 0 bridgehead atoms. The number of methoxy groups -OCH3 is 1. The van der Waals surface area contributed by atoms with Gasteiger partial charge >= 0.3 is 0 Å². The van der Waals surface area contributed by atoms with E-state index in [1.54, 1.807) is 23.9 Å². The molecule has 0 spiro atoms. The minimum Gasteiger partial charge on any atom is -0.497 e. The number of ether oxygens (including phenoxy) is 1. The van der Waals surface area contributed by atoms with Gasteiger partial charge in [0.15, 0.2) is 0 Å². The van der Waals surface area contributed by atoms with Crippen LogP contribution in [0.2, 0.25) is 0 Å². The maximum absolute atomic E-state index is 15.3. The summed E-state index contributed by atoms with van der Waals surface area (Å²) in [7, 11) is 1.58. The molecule has 3 aromatic rings. The van der Waals surface area contributed by atoms with Crippen LogP contribution in [0.25, 0.3) is 5.69 Å². The minimum atomic E-state index is -0.698. The molecule has 1 unspecified atom stereocenters. The fourth-order valence-corrected chi connectivity index (χ4v) is 6.71. The highest BCUT2D eigenvalue weighted by atomic mass is 32.2. The molecular formula is C31H37F2N5O3S. The zero-order valence-electron chi connectivity index (χ0n) is 24.5. The summed E-state index contributed by atoms with van der Waals surface area (Å²) in [5.74, 6) is -0.896. The molecule has 42 heavy (non-hydrogen) atoms. The van der Waals surface area contributed by atoms with Gasteiger partial charge in [-0.25, -0.2) is 13.5 Å². The number of rotatable bonds is 8. The lowest BCUT2D eigenvalue weighted by atomic mass is 9.87. The number of halogens is 2. The Morgan fingerprint density at radius 2 is 1.83 bits per heavy atom. The van der Waals surface area contributed by atoms with Crippen molar-refractivity contribution in [1.29, 1.82) is 0 Å². The molecule has 0 aliphatic carbocycles. The SMILES string of the molecule is COc1ccc(-n2nc(C(C)(C)C)c3c2N(CC(=O)NCCN2CCCC2)C(=O)CSC3c2ccc(F)cc2F)cc1. The Labute approximate surface area is 249 Å². The van der Waals surface area contributed by atoms with Crippen molar-refractivity contribution in [3.8, 4) is 11.4 Å². The Bertz CT molecular complexity index is 1450. The Morgan fingerprint density at radius 3 is 2.48 bits per heavy atom. The molecule has 1 saturated heterocycles. The molecule has 2 aliphatic rings. The number of thioether (sulfide) groups is 1. The van der Waals surface area contributed by atoms with Crippen LogP contribution in [0.5, 0.6) is 5.75 Å². The largest absolute Gasteiger partial charge is 0.497 e. The first-order chi connectivity index (χ1) is 20.1. The van der Waals surface area contributed by atoms with Gasteiger partial charge in [0, 0.05) is 35.7 Å². The predicted molar refractivity (Wildman–Crippen MR) is 161 cm³/mol. The first-order valence-corrected chi connectivity index (χ1v) is 15.3. The third-order valence-electron chi connectivity index (χ3n) is 7.61. The van der Waals surface area contributed by atoms with Crippen LogP contribution in [0.15, 0.2) is 42.5 Å². The highest BCUT2D eigenvalue weighted by Gasteiger charge is 2.40. The predicted octanol–water partition coefficient (Wildman–Crippen LogP) is 4.84. The van der Waals surface area contributed by atoms with Crippen molar-refractivity contribution >= 4 is 29.4 Å². The van der Waals surface area contributed by atoms with Gasteiger partial charge in [0.05, 0.1) is 29.5 Å². The van der Waals surface area contributed by atoms with E-state index < -0.39 is 22.3 Å². The fraction of sp³-hybridized carbons (Fsp3) is 0.452. The zero-order valence-corrected chi connectivity index (χ0v) is 25.3. The molecule has 1 fully saturated rings. The summed E-state index contributed by atoms with van der Waals surface area (Å²) in [5, 5.41) is 7.30. The molecule has 8 nitrogen and oxygen atoms in total. The first-order valence-electron chi connectivity index (χ1n) is 14.2. The molecule has 224 valence electrons. The summed E-state index contributed by atoms with van der Waals surface area (Å²) in [6, 6.07) is 10.7. The molecule has 1 N–H and O–H groups in total. The number of amides is 2. The van der Waals surface area contributed by atoms with E-state index in [1.807, 2.05) is 32.9 Å². The van der Waals surface area contributed by atoms with Crippen molar-refractivity contribution in [2.75, 3.05) is 50.5 Å². The quantitative estimate of drug-likeness (QED) is 0.401. The maximum atomic E-state index is 15.3. The summed E-state index contributed by atoms with van der Waals surface area (Å²) in [5.41, 5.74) is 1.69. The second kappa shape index (κ2) is 12.4. The molecule has 1 aromatic heterocycles. The van der Waals surface area contributed by atoms with Crippen LogP contribution in [0.4, 0.5) is 14.6 Å². The van der Waals surface area contributed by atoms with Crippen LogP contribution in [-0.4, -0.2) is 72.1 Å². The van der Waals surface area contributed by atoms with Gasteiger partial charge in [-0.15, -0.1) is 11.8 Å². The highest BCUT2D eigenvalue weighted by molar-refractivity contribution is 8.00. The fourth-order valence-electron chi connectivity index (χ4n) is 5.50. The van der Waals surface area contributed by atoms with Gasteiger partial charge < -0.3 is 15.0 Å². The second-order valence-corrected chi connectivity index (χ2v) is 12.8. The van der Waals surface area contributed by atoms with E-state index in [9.17, 15) is 14.0 Å². The number of carbonyl (C=O) groups excluding carboxylic acids is 2. The van der Waals surface area contributed by atoms with E-state index in [-0.39, 0.29) is 29.7 Å². The normalized spacial score (nSPS) is 17.7. The molecule has 5 rings (SSSR count). The molecule has 1 atom stereocenters. The molecule has 0 radical (unpaired) electrons. The number of nitrogens with one attached hydrogen (secondary N) is 1. The van der Waals surface area contributed by atoms with Crippen molar-refractivity contribution in [3.05, 3.63) is 70.9 Å². The number of likely N-dealkylation sites (tertiary alicyclic amines) is 1. The first kappa shape index (κ1) is 30.0. The van der Waals surface area contributed by atoms with Gasteiger partial charge in [-0.1, -0.05) is 26.8 Å². The summed E-state index contributed by atoms with van der Waals surface area (Å²) in [6.45, 7) is 9.08. The molecule has 2 aromatic carbocycles. The number of carbonyl (C=O) groups is 2. The lowest BCUT2D eigenvalue weighted by molar-refractivity contribution is -0.122. The number of fused-ring (bicyclic) bond motifs is 1. The number of aromatic nitrogens is 2. The third-order valence-corrected chi connectivity index (χ3v) is 8.85. The third kappa shape index (κ3) is 6.32. The average Bonchev–Trinajstić information content (AvgIpc) is 3.58. The second-order valence-electron chi connectivity index (χ2n) is 11.7. The van der Waals surface area contributed by atoms with Gasteiger partial charge in [-0.3, -0.25) is 14.5 Å². The van der Waals surface area contributed by atoms with Crippen LogP contribution in [0.3, 0.4) is 0 Å². The summed E-state index contributed by atoms with van der Waals surface area (Å²) in [6.07, 6.45) is 2.33. The average molecular weight is 598 g/mol. The van der Waals surface area contributed by atoms with Crippen LogP contribution in [0.1, 0.15) is 55.7 Å². The van der Waals surface area contributed by atoms with E-state index in [1.165, 1.54) is 28.8 Å². The molecule has 2 amide bonds. The smallest absolute Gasteiger partial charge is 0.240 e. The lowest BCUT2D eigenvalue weighted by Gasteiger charge is -2.25. The number of anilines is 1.